The van der Waals surface area contributed by atoms with Crippen molar-refractivity contribution < 1.29 is 4.79 Å². The molecular formula is C18H22N6O. The molecule has 0 bridgehead atoms. The van der Waals surface area contributed by atoms with Crippen LogP contribution in [0.4, 0.5) is 17.5 Å². The van der Waals surface area contributed by atoms with Crippen LogP contribution in [0.25, 0.3) is 11.0 Å². The molecule has 0 radical (unpaired) electrons. The van der Waals surface area contributed by atoms with Crippen molar-refractivity contribution in [3.63, 3.8) is 0 Å². The first-order chi connectivity index (χ1) is 11.9. The lowest BCUT2D eigenvalue weighted by Crippen LogP contribution is -2.27. The number of fused-ring (bicyclic) bond motifs is 1. The van der Waals surface area contributed by atoms with Gasteiger partial charge in [-0.05, 0) is 51.1 Å². The fraction of sp³-hybridized carbons (Fsp3) is 0.278. The molecule has 2 aromatic heterocycles. The highest BCUT2D eigenvalue weighted by Crippen LogP contribution is 2.25. The van der Waals surface area contributed by atoms with Crippen LogP contribution < -0.4 is 16.0 Å². The molecule has 1 amide bonds. The molecule has 0 spiro atoms. The van der Waals surface area contributed by atoms with Crippen LogP contribution in [0.15, 0.2) is 36.5 Å². The summed E-state index contributed by atoms with van der Waals surface area (Å²) in [6, 6.07) is 9.10. The van der Waals surface area contributed by atoms with Crippen LogP contribution in [-0.2, 0) is 0 Å². The summed E-state index contributed by atoms with van der Waals surface area (Å²) in [7, 11) is 1.61. The summed E-state index contributed by atoms with van der Waals surface area (Å²) in [6.07, 6.45) is 1.84. The molecule has 0 saturated heterocycles. The van der Waals surface area contributed by atoms with Crippen molar-refractivity contribution in [2.75, 3.05) is 17.7 Å². The predicted octanol–water partition coefficient (Wildman–Crippen LogP) is 3.27. The quantitative estimate of drug-likeness (QED) is 0.586. The first-order valence-electron chi connectivity index (χ1n) is 8.08. The molecule has 0 unspecified atom stereocenters. The first kappa shape index (κ1) is 16.8. The summed E-state index contributed by atoms with van der Waals surface area (Å²) in [6.45, 7) is 6.24. The number of H-pyrrole nitrogens is 1. The lowest BCUT2D eigenvalue weighted by Gasteiger charge is -2.22. The number of benzene rings is 1. The second-order valence-electron chi connectivity index (χ2n) is 6.79. The number of anilines is 3. The SMILES string of the molecule is CNC(=O)c1ccc(Nc2nc(NC(C)(C)C)c3cc[nH]c3n2)cc1. The van der Waals surface area contributed by atoms with Crippen molar-refractivity contribution >= 4 is 34.4 Å². The summed E-state index contributed by atoms with van der Waals surface area (Å²) in [5.74, 6) is 1.13. The fourth-order valence-electron chi connectivity index (χ4n) is 2.43. The molecular weight excluding hydrogens is 316 g/mol. The molecule has 130 valence electrons. The molecule has 0 aliphatic carbocycles. The van der Waals surface area contributed by atoms with E-state index in [1.165, 1.54) is 0 Å². The largest absolute Gasteiger partial charge is 0.365 e. The number of hydrogen-bond donors (Lipinski definition) is 4. The third-order valence-corrected chi connectivity index (χ3v) is 3.54. The van der Waals surface area contributed by atoms with Crippen LogP contribution in [0.1, 0.15) is 31.1 Å². The van der Waals surface area contributed by atoms with Gasteiger partial charge in [-0.1, -0.05) is 0 Å². The number of aromatic amines is 1. The zero-order chi connectivity index (χ0) is 18.0. The zero-order valence-corrected chi connectivity index (χ0v) is 14.8. The number of carbonyl (C=O) groups is 1. The van der Waals surface area contributed by atoms with Crippen molar-refractivity contribution in [1.82, 2.24) is 20.3 Å². The number of rotatable bonds is 4. The van der Waals surface area contributed by atoms with E-state index in [9.17, 15) is 4.79 Å². The lowest BCUT2D eigenvalue weighted by molar-refractivity contribution is 0.0963. The summed E-state index contributed by atoms with van der Waals surface area (Å²) in [5, 5.41) is 10.1. The van der Waals surface area contributed by atoms with E-state index in [1.807, 2.05) is 24.4 Å². The minimum absolute atomic E-state index is 0.118. The maximum atomic E-state index is 11.6. The second-order valence-corrected chi connectivity index (χ2v) is 6.79. The van der Waals surface area contributed by atoms with E-state index in [-0.39, 0.29) is 11.4 Å². The Balaban J connectivity index is 1.89. The molecule has 3 aromatic rings. The Morgan fingerprint density at radius 2 is 1.80 bits per heavy atom. The zero-order valence-electron chi connectivity index (χ0n) is 14.8. The minimum atomic E-state index is -0.120. The highest BCUT2D eigenvalue weighted by Gasteiger charge is 2.15. The van der Waals surface area contributed by atoms with E-state index in [1.54, 1.807) is 19.2 Å². The van der Waals surface area contributed by atoms with Gasteiger partial charge in [0.25, 0.3) is 5.91 Å². The highest BCUT2D eigenvalue weighted by molar-refractivity contribution is 5.94. The van der Waals surface area contributed by atoms with Crippen LogP contribution >= 0.6 is 0 Å². The molecule has 0 fully saturated rings. The molecule has 3 rings (SSSR count). The van der Waals surface area contributed by atoms with E-state index in [0.29, 0.717) is 11.5 Å². The molecule has 7 heteroatoms. The summed E-state index contributed by atoms with van der Waals surface area (Å²) >= 11 is 0. The lowest BCUT2D eigenvalue weighted by atomic mass is 10.1. The van der Waals surface area contributed by atoms with E-state index < -0.39 is 0 Å². The first-order valence-corrected chi connectivity index (χ1v) is 8.08. The average Bonchev–Trinajstić information content (AvgIpc) is 3.02. The Kier molecular flexibility index (Phi) is 4.31. The van der Waals surface area contributed by atoms with Gasteiger partial charge >= 0.3 is 0 Å². The Labute approximate surface area is 146 Å². The van der Waals surface area contributed by atoms with Crippen LogP contribution in [0, 0.1) is 0 Å². The van der Waals surface area contributed by atoms with Gasteiger partial charge in [0.05, 0.1) is 5.39 Å². The number of nitrogens with zero attached hydrogens (tertiary/aromatic N) is 2. The standard InChI is InChI=1S/C18H22N6O/c1-18(2,3)24-15-13-9-10-20-14(13)22-17(23-15)21-12-7-5-11(6-8-12)16(25)19-4/h5-10H,1-4H3,(H,19,25)(H3,20,21,22,23,24). The van der Waals surface area contributed by atoms with Crippen LogP contribution in [-0.4, -0.2) is 33.4 Å². The topological polar surface area (TPSA) is 94.7 Å². The number of hydrogen-bond acceptors (Lipinski definition) is 5. The predicted molar refractivity (Wildman–Crippen MR) is 100 cm³/mol. The maximum Gasteiger partial charge on any atom is 0.251 e. The van der Waals surface area contributed by atoms with Gasteiger partial charge in [0.2, 0.25) is 5.95 Å². The van der Waals surface area contributed by atoms with Gasteiger partial charge in [-0.15, -0.1) is 0 Å². The van der Waals surface area contributed by atoms with Gasteiger partial charge in [-0.3, -0.25) is 4.79 Å². The molecule has 7 nitrogen and oxygen atoms in total. The van der Waals surface area contributed by atoms with Crippen LogP contribution in [0.3, 0.4) is 0 Å². The van der Waals surface area contributed by atoms with E-state index in [4.69, 9.17) is 0 Å². The Hall–Kier alpha value is -3.09. The number of amides is 1. The summed E-state index contributed by atoms with van der Waals surface area (Å²) in [4.78, 5) is 23.8. The van der Waals surface area contributed by atoms with E-state index in [2.05, 4.69) is 51.7 Å². The molecule has 0 atom stereocenters. The van der Waals surface area contributed by atoms with Crippen molar-refractivity contribution in [3.05, 3.63) is 42.1 Å². The molecule has 2 heterocycles. The Morgan fingerprint density at radius 3 is 2.44 bits per heavy atom. The molecule has 0 aliphatic rings. The van der Waals surface area contributed by atoms with E-state index >= 15 is 0 Å². The van der Waals surface area contributed by atoms with Gasteiger partial charge in [0, 0.05) is 30.0 Å². The monoisotopic (exact) mass is 338 g/mol. The van der Waals surface area contributed by atoms with Gasteiger partial charge in [0.1, 0.15) is 11.5 Å². The smallest absolute Gasteiger partial charge is 0.251 e. The minimum Gasteiger partial charge on any atom is -0.365 e. The van der Waals surface area contributed by atoms with E-state index in [0.717, 1.165) is 22.5 Å². The fourth-order valence-corrected chi connectivity index (χ4v) is 2.43. The van der Waals surface area contributed by atoms with Crippen molar-refractivity contribution in [2.24, 2.45) is 0 Å². The molecule has 1 aromatic carbocycles. The maximum absolute atomic E-state index is 11.6. The second kappa shape index (κ2) is 6.43. The van der Waals surface area contributed by atoms with Gasteiger partial charge in [-0.25, -0.2) is 0 Å². The van der Waals surface area contributed by atoms with Crippen molar-refractivity contribution in [2.45, 2.75) is 26.3 Å². The third-order valence-electron chi connectivity index (χ3n) is 3.54. The number of nitrogens with one attached hydrogen (secondary N) is 4. The molecule has 4 N–H and O–H groups in total. The summed E-state index contributed by atoms with van der Waals surface area (Å²) in [5.41, 5.74) is 2.04. The van der Waals surface area contributed by atoms with Gasteiger partial charge in [-0.2, -0.15) is 9.97 Å². The molecule has 25 heavy (non-hydrogen) atoms. The molecule has 0 aliphatic heterocycles. The number of carbonyl (C=O) groups excluding carboxylic acids is 1. The summed E-state index contributed by atoms with van der Waals surface area (Å²) < 4.78 is 0. The Bertz CT molecular complexity index is 892. The van der Waals surface area contributed by atoms with Gasteiger partial charge in [0.15, 0.2) is 0 Å². The van der Waals surface area contributed by atoms with Crippen LogP contribution in [0.2, 0.25) is 0 Å². The van der Waals surface area contributed by atoms with Crippen LogP contribution in [0.5, 0.6) is 0 Å². The average molecular weight is 338 g/mol. The highest BCUT2D eigenvalue weighted by atomic mass is 16.1. The third kappa shape index (κ3) is 3.88. The normalized spacial score (nSPS) is 11.4. The van der Waals surface area contributed by atoms with Crippen molar-refractivity contribution in [1.29, 1.82) is 0 Å². The molecule has 0 saturated carbocycles. The Morgan fingerprint density at radius 1 is 1.08 bits per heavy atom. The number of aromatic nitrogens is 3. The van der Waals surface area contributed by atoms with Gasteiger partial charge < -0.3 is 20.9 Å². The van der Waals surface area contributed by atoms with Crippen molar-refractivity contribution in [3.8, 4) is 0 Å².